The minimum atomic E-state index is -0.713. The fourth-order valence-corrected chi connectivity index (χ4v) is 1.31. The van der Waals surface area contributed by atoms with E-state index in [4.69, 9.17) is 11.6 Å². The van der Waals surface area contributed by atoms with Crippen molar-refractivity contribution in [3.05, 3.63) is 33.0 Å². The molecule has 0 saturated heterocycles. The smallest absolute Gasteiger partial charge is 0.254 e. The molecule has 70 valence electrons. The van der Waals surface area contributed by atoms with Gasteiger partial charge in [-0.25, -0.2) is 4.39 Å². The molecule has 13 heavy (non-hydrogen) atoms. The second kappa shape index (κ2) is 4.07. The standard InChI is InChI=1S/C8H6BrClFNO/c1-12-8(13)4-2-3-5(9)6(10)7(4)11/h2-3H,1H3,(H,12,13). The van der Waals surface area contributed by atoms with Crippen molar-refractivity contribution in [1.82, 2.24) is 5.32 Å². The van der Waals surface area contributed by atoms with Gasteiger partial charge in [0.2, 0.25) is 0 Å². The van der Waals surface area contributed by atoms with Crippen molar-refractivity contribution in [2.24, 2.45) is 0 Å². The van der Waals surface area contributed by atoms with Crippen molar-refractivity contribution in [3.8, 4) is 0 Å². The molecule has 1 N–H and O–H groups in total. The molecular formula is C8H6BrClFNO. The Hall–Kier alpha value is -0.610. The maximum Gasteiger partial charge on any atom is 0.254 e. The SMILES string of the molecule is CNC(=O)c1ccc(Br)c(Cl)c1F. The van der Waals surface area contributed by atoms with E-state index in [0.29, 0.717) is 4.47 Å². The minimum Gasteiger partial charge on any atom is -0.355 e. The lowest BCUT2D eigenvalue weighted by Crippen LogP contribution is -2.19. The molecule has 2 nitrogen and oxygen atoms in total. The van der Waals surface area contributed by atoms with Gasteiger partial charge in [-0.15, -0.1) is 0 Å². The molecule has 0 aliphatic carbocycles. The summed E-state index contributed by atoms with van der Waals surface area (Å²) < 4.78 is 13.7. The number of nitrogens with one attached hydrogen (secondary N) is 1. The number of benzene rings is 1. The largest absolute Gasteiger partial charge is 0.355 e. The second-order valence-corrected chi connectivity index (χ2v) is 3.53. The highest BCUT2D eigenvalue weighted by molar-refractivity contribution is 9.10. The molecule has 5 heteroatoms. The van der Waals surface area contributed by atoms with E-state index in [-0.39, 0.29) is 10.6 Å². The number of rotatable bonds is 1. The summed E-state index contributed by atoms with van der Waals surface area (Å²) in [4.78, 5) is 11.1. The van der Waals surface area contributed by atoms with E-state index in [2.05, 4.69) is 21.2 Å². The Balaban J connectivity index is 3.26. The van der Waals surface area contributed by atoms with Crippen LogP contribution in [0, 0.1) is 5.82 Å². The van der Waals surface area contributed by atoms with Gasteiger partial charge >= 0.3 is 0 Å². The van der Waals surface area contributed by atoms with Crippen molar-refractivity contribution in [3.63, 3.8) is 0 Å². The number of halogens is 3. The van der Waals surface area contributed by atoms with Crippen molar-refractivity contribution in [2.45, 2.75) is 0 Å². The van der Waals surface area contributed by atoms with Gasteiger partial charge < -0.3 is 5.32 Å². The quantitative estimate of drug-likeness (QED) is 0.778. The van der Waals surface area contributed by atoms with Gasteiger partial charge in [-0.1, -0.05) is 11.6 Å². The van der Waals surface area contributed by atoms with E-state index in [9.17, 15) is 9.18 Å². The van der Waals surface area contributed by atoms with Crippen LogP contribution in [-0.2, 0) is 0 Å². The van der Waals surface area contributed by atoms with Crippen LogP contribution in [0.3, 0.4) is 0 Å². The van der Waals surface area contributed by atoms with Crippen LogP contribution in [0.2, 0.25) is 5.02 Å². The van der Waals surface area contributed by atoms with E-state index < -0.39 is 11.7 Å². The van der Waals surface area contributed by atoms with Gasteiger partial charge in [0, 0.05) is 11.5 Å². The maximum atomic E-state index is 13.3. The monoisotopic (exact) mass is 265 g/mol. The molecular weight excluding hydrogens is 260 g/mol. The van der Waals surface area contributed by atoms with Gasteiger partial charge in [0.1, 0.15) is 0 Å². The lowest BCUT2D eigenvalue weighted by molar-refractivity contribution is 0.0959. The third kappa shape index (κ3) is 2.00. The van der Waals surface area contributed by atoms with Crippen LogP contribution < -0.4 is 5.32 Å². The Morgan fingerprint density at radius 3 is 2.77 bits per heavy atom. The van der Waals surface area contributed by atoms with E-state index in [1.807, 2.05) is 0 Å². The molecule has 0 saturated carbocycles. The van der Waals surface area contributed by atoms with Gasteiger partial charge in [0.15, 0.2) is 5.82 Å². The first-order valence-electron chi connectivity index (χ1n) is 3.43. The summed E-state index contributed by atoms with van der Waals surface area (Å²) in [5.74, 6) is -1.21. The maximum absolute atomic E-state index is 13.3. The van der Waals surface area contributed by atoms with Gasteiger partial charge in [0.25, 0.3) is 5.91 Å². The Labute approximate surface area is 88.2 Å². The highest BCUT2D eigenvalue weighted by atomic mass is 79.9. The Morgan fingerprint density at radius 1 is 1.62 bits per heavy atom. The number of hydrogen-bond acceptors (Lipinski definition) is 1. The second-order valence-electron chi connectivity index (χ2n) is 2.30. The molecule has 0 radical (unpaired) electrons. The molecule has 1 amide bonds. The van der Waals surface area contributed by atoms with Crippen molar-refractivity contribution in [1.29, 1.82) is 0 Å². The van der Waals surface area contributed by atoms with Gasteiger partial charge in [-0.2, -0.15) is 0 Å². The molecule has 0 atom stereocenters. The van der Waals surface area contributed by atoms with Crippen LogP contribution in [0.25, 0.3) is 0 Å². The normalized spacial score (nSPS) is 9.85. The summed E-state index contributed by atoms with van der Waals surface area (Å²) in [6.45, 7) is 0. The summed E-state index contributed by atoms with van der Waals surface area (Å²) in [5.41, 5.74) is -0.0595. The molecule has 0 bridgehead atoms. The lowest BCUT2D eigenvalue weighted by Gasteiger charge is -2.03. The third-order valence-electron chi connectivity index (χ3n) is 1.51. The van der Waals surface area contributed by atoms with Crippen LogP contribution in [0.5, 0.6) is 0 Å². The van der Waals surface area contributed by atoms with Crippen LogP contribution in [0.15, 0.2) is 16.6 Å². The van der Waals surface area contributed by atoms with Gasteiger partial charge in [-0.3, -0.25) is 4.79 Å². The molecule has 0 spiro atoms. The molecule has 1 rings (SSSR count). The molecule has 0 aromatic heterocycles. The average Bonchev–Trinajstić information content (AvgIpc) is 2.13. The predicted octanol–water partition coefficient (Wildman–Crippen LogP) is 2.60. The lowest BCUT2D eigenvalue weighted by atomic mass is 10.2. The predicted molar refractivity (Wildman–Crippen MR) is 52.5 cm³/mol. The fraction of sp³-hybridized carbons (Fsp3) is 0.125. The number of amides is 1. The molecule has 0 heterocycles. The highest BCUT2D eigenvalue weighted by Crippen LogP contribution is 2.27. The topological polar surface area (TPSA) is 29.1 Å². The van der Waals surface area contributed by atoms with Crippen LogP contribution in [0.1, 0.15) is 10.4 Å². The molecule has 0 aliphatic heterocycles. The fourth-order valence-electron chi connectivity index (χ4n) is 0.836. The van der Waals surface area contributed by atoms with Gasteiger partial charge in [0.05, 0.1) is 10.6 Å². The minimum absolute atomic E-state index is 0.0595. The van der Waals surface area contributed by atoms with E-state index in [0.717, 1.165) is 0 Å². The van der Waals surface area contributed by atoms with Crippen LogP contribution >= 0.6 is 27.5 Å². The summed E-state index contributed by atoms with van der Waals surface area (Å²) >= 11 is 8.63. The number of hydrogen-bond donors (Lipinski definition) is 1. The zero-order chi connectivity index (χ0) is 10.0. The van der Waals surface area contributed by atoms with E-state index >= 15 is 0 Å². The van der Waals surface area contributed by atoms with Crippen LogP contribution in [-0.4, -0.2) is 13.0 Å². The van der Waals surface area contributed by atoms with Crippen LogP contribution in [0.4, 0.5) is 4.39 Å². The van der Waals surface area contributed by atoms with Crippen molar-refractivity contribution < 1.29 is 9.18 Å². The summed E-state index contributed by atoms with van der Waals surface area (Å²) in [6.07, 6.45) is 0. The number of carbonyl (C=O) groups excluding carboxylic acids is 1. The highest BCUT2D eigenvalue weighted by Gasteiger charge is 2.14. The molecule has 0 fully saturated rings. The van der Waals surface area contributed by atoms with E-state index in [1.54, 1.807) is 0 Å². The Bertz CT molecular complexity index is 356. The molecule has 0 aliphatic rings. The summed E-state index contributed by atoms with van der Waals surface area (Å²) in [5, 5.41) is 2.23. The Kier molecular flexibility index (Phi) is 3.27. The van der Waals surface area contributed by atoms with Gasteiger partial charge in [-0.05, 0) is 28.1 Å². The van der Waals surface area contributed by atoms with E-state index in [1.165, 1.54) is 19.2 Å². The summed E-state index contributed by atoms with van der Waals surface area (Å²) in [6, 6.07) is 2.89. The number of carbonyl (C=O) groups is 1. The Morgan fingerprint density at radius 2 is 2.23 bits per heavy atom. The first-order chi connectivity index (χ1) is 6.07. The van der Waals surface area contributed by atoms with Crippen molar-refractivity contribution in [2.75, 3.05) is 7.05 Å². The third-order valence-corrected chi connectivity index (χ3v) is 2.77. The van der Waals surface area contributed by atoms with Crippen molar-refractivity contribution >= 4 is 33.4 Å². The zero-order valence-corrected chi connectivity index (χ0v) is 9.04. The summed E-state index contributed by atoms with van der Waals surface area (Å²) in [7, 11) is 1.43. The first-order valence-corrected chi connectivity index (χ1v) is 4.60. The average molecular weight is 266 g/mol. The molecule has 1 aromatic carbocycles. The zero-order valence-electron chi connectivity index (χ0n) is 6.70. The first kappa shape index (κ1) is 10.5. The molecule has 0 unspecified atom stereocenters. The molecule has 1 aromatic rings.